The number of rotatable bonds is 1. The minimum atomic E-state index is 1.13. The van der Waals surface area contributed by atoms with Crippen LogP contribution in [0.15, 0.2) is 0 Å². The maximum absolute atomic E-state index is 1.56. The lowest BCUT2D eigenvalue weighted by Crippen LogP contribution is -2.13. The predicted molar refractivity (Wildman–Crippen MR) is 60.7 cm³/mol. The smallest absolute Gasteiger partial charge is 0.0772 e. The molecule has 0 aromatic rings. The summed E-state index contributed by atoms with van der Waals surface area (Å²) >= 11 is 0. The van der Waals surface area contributed by atoms with E-state index in [4.69, 9.17) is 0 Å². The lowest BCUT2D eigenvalue weighted by Gasteiger charge is -2.25. The van der Waals surface area contributed by atoms with Crippen LogP contribution in [0.2, 0.25) is 12.6 Å². The molecular formula is C12H23B. The van der Waals surface area contributed by atoms with E-state index >= 15 is 0 Å². The largest absolute Gasteiger partial charge is 0.120 e. The van der Waals surface area contributed by atoms with Crippen molar-refractivity contribution >= 4 is 7.28 Å². The summed E-state index contributed by atoms with van der Waals surface area (Å²) in [4.78, 5) is 0. The summed E-state index contributed by atoms with van der Waals surface area (Å²) in [6, 6.07) is 0. The number of hydrogen-bond donors (Lipinski definition) is 0. The lowest BCUT2D eigenvalue weighted by atomic mass is 9.73. The van der Waals surface area contributed by atoms with Gasteiger partial charge in [0.05, 0.1) is 0 Å². The van der Waals surface area contributed by atoms with Gasteiger partial charge in [0, 0.05) is 0 Å². The minimum absolute atomic E-state index is 1.13. The van der Waals surface area contributed by atoms with Crippen LogP contribution < -0.4 is 0 Å². The van der Waals surface area contributed by atoms with E-state index in [0.717, 1.165) is 11.8 Å². The zero-order valence-electron chi connectivity index (χ0n) is 8.93. The Labute approximate surface area is 83.7 Å². The number of hydrogen-bond acceptors (Lipinski definition) is 0. The van der Waals surface area contributed by atoms with Crippen LogP contribution in [0.4, 0.5) is 0 Å². The Morgan fingerprint density at radius 1 is 0.692 bits per heavy atom. The highest BCUT2D eigenvalue weighted by Crippen LogP contribution is 2.36. The van der Waals surface area contributed by atoms with Gasteiger partial charge >= 0.3 is 0 Å². The first-order chi connectivity index (χ1) is 6.47. The zero-order chi connectivity index (χ0) is 8.93. The van der Waals surface area contributed by atoms with E-state index in [1.807, 2.05) is 0 Å². The molecule has 1 aliphatic heterocycles. The van der Waals surface area contributed by atoms with Gasteiger partial charge in [-0.3, -0.25) is 0 Å². The van der Waals surface area contributed by atoms with Crippen molar-refractivity contribution < 1.29 is 0 Å². The van der Waals surface area contributed by atoms with Crippen LogP contribution >= 0.6 is 0 Å². The molecule has 0 spiro atoms. The van der Waals surface area contributed by atoms with Gasteiger partial charge < -0.3 is 0 Å². The first-order valence-electron chi connectivity index (χ1n) is 6.47. The SMILES string of the molecule is B1CCC(C2CCCCCCC2)C1. The van der Waals surface area contributed by atoms with Crippen molar-refractivity contribution in [1.82, 2.24) is 0 Å². The Hall–Kier alpha value is 0.0649. The molecule has 1 heteroatoms. The highest BCUT2D eigenvalue weighted by molar-refractivity contribution is 6.36. The standard InChI is InChI=1S/C12H23B/c1-2-4-6-11(7-5-3-1)12-8-9-13-10-12/h11-13H,1-10H2. The molecule has 0 aromatic heterocycles. The van der Waals surface area contributed by atoms with Crippen molar-refractivity contribution in [2.45, 2.75) is 64.0 Å². The summed E-state index contributed by atoms with van der Waals surface area (Å²) in [5.74, 6) is 2.26. The molecule has 0 bridgehead atoms. The Balaban J connectivity index is 1.80. The highest BCUT2D eigenvalue weighted by Gasteiger charge is 2.25. The van der Waals surface area contributed by atoms with Crippen molar-refractivity contribution in [3.63, 3.8) is 0 Å². The Morgan fingerprint density at radius 2 is 1.38 bits per heavy atom. The second-order valence-corrected chi connectivity index (χ2v) is 5.15. The molecule has 13 heavy (non-hydrogen) atoms. The van der Waals surface area contributed by atoms with Crippen LogP contribution in [0.1, 0.15) is 51.4 Å². The fourth-order valence-corrected chi connectivity index (χ4v) is 3.39. The molecular weight excluding hydrogens is 155 g/mol. The van der Waals surface area contributed by atoms with Gasteiger partial charge in [0.2, 0.25) is 0 Å². The van der Waals surface area contributed by atoms with Crippen molar-refractivity contribution in [3.05, 3.63) is 0 Å². The van der Waals surface area contributed by atoms with Gasteiger partial charge in [-0.25, -0.2) is 0 Å². The first kappa shape index (κ1) is 9.61. The average Bonchev–Trinajstić information content (AvgIpc) is 2.55. The normalized spacial score (nSPS) is 32.2. The third kappa shape index (κ3) is 2.75. The molecule has 0 aromatic carbocycles. The van der Waals surface area contributed by atoms with Gasteiger partial charge in [0.1, 0.15) is 7.28 Å². The fraction of sp³-hybridized carbons (Fsp3) is 1.00. The molecule has 1 unspecified atom stereocenters. The molecule has 0 amide bonds. The summed E-state index contributed by atoms with van der Waals surface area (Å²) in [5.41, 5.74) is 0. The van der Waals surface area contributed by atoms with Crippen molar-refractivity contribution in [1.29, 1.82) is 0 Å². The first-order valence-corrected chi connectivity index (χ1v) is 6.47. The fourth-order valence-electron chi connectivity index (χ4n) is 3.39. The van der Waals surface area contributed by atoms with E-state index in [9.17, 15) is 0 Å². The highest BCUT2D eigenvalue weighted by atomic mass is 14.3. The lowest BCUT2D eigenvalue weighted by molar-refractivity contribution is 0.283. The molecule has 74 valence electrons. The molecule has 1 heterocycles. The van der Waals surface area contributed by atoms with E-state index in [1.54, 1.807) is 25.6 Å². The van der Waals surface area contributed by atoms with E-state index in [1.165, 1.54) is 45.7 Å². The van der Waals surface area contributed by atoms with Gasteiger partial charge in [-0.1, -0.05) is 64.0 Å². The van der Waals surface area contributed by atoms with Crippen molar-refractivity contribution in [2.24, 2.45) is 11.8 Å². The van der Waals surface area contributed by atoms with Gasteiger partial charge in [0.15, 0.2) is 0 Å². The summed E-state index contributed by atoms with van der Waals surface area (Å²) in [6.07, 6.45) is 15.4. The topological polar surface area (TPSA) is 0 Å². The Bertz CT molecular complexity index is 130. The predicted octanol–water partition coefficient (Wildman–Crippen LogP) is 3.64. The summed E-state index contributed by atoms with van der Waals surface area (Å²) in [5, 5.41) is 0. The maximum atomic E-state index is 1.56. The van der Waals surface area contributed by atoms with Crippen LogP contribution in [-0.2, 0) is 0 Å². The Kier molecular flexibility index (Phi) is 3.75. The second-order valence-electron chi connectivity index (χ2n) is 5.15. The molecule has 0 nitrogen and oxygen atoms in total. The molecule has 2 fully saturated rings. The Morgan fingerprint density at radius 3 is 2.00 bits per heavy atom. The molecule has 2 rings (SSSR count). The van der Waals surface area contributed by atoms with Crippen LogP contribution in [0.25, 0.3) is 0 Å². The van der Waals surface area contributed by atoms with Gasteiger partial charge in [0.25, 0.3) is 0 Å². The van der Waals surface area contributed by atoms with E-state index in [2.05, 4.69) is 0 Å². The van der Waals surface area contributed by atoms with Crippen LogP contribution in [-0.4, -0.2) is 7.28 Å². The van der Waals surface area contributed by atoms with Gasteiger partial charge in [-0.05, 0) is 11.8 Å². The van der Waals surface area contributed by atoms with E-state index in [0.29, 0.717) is 0 Å². The van der Waals surface area contributed by atoms with E-state index in [-0.39, 0.29) is 0 Å². The summed E-state index contributed by atoms with van der Waals surface area (Å²) in [7, 11) is 1.53. The van der Waals surface area contributed by atoms with Crippen LogP contribution in [0, 0.1) is 11.8 Å². The quantitative estimate of drug-likeness (QED) is 0.537. The zero-order valence-corrected chi connectivity index (χ0v) is 8.93. The van der Waals surface area contributed by atoms with Gasteiger partial charge in [-0.15, -0.1) is 0 Å². The minimum Gasteiger partial charge on any atom is -0.0772 e. The molecule has 1 saturated carbocycles. The third-order valence-corrected chi connectivity index (χ3v) is 4.22. The monoisotopic (exact) mass is 178 g/mol. The van der Waals surface area contributed by atoms with Crippen molar-refractivity contribution in [2.75, 3.05) is 0 Å². The third-order valence-electron chi connectivity index (χ3n) is 4.22. The molecule has 0 radical (unpaired) electrons. The van der Waals surface area contributed by atoms with E-state index < -0.39 is 0 Å². The molecule has 2 aliphatic rings. The van der Waals surface area contributed by atoms with Gasteiger partial charge in [-0.2, -0.15) is 0 Å². The molecule has 0 N–H and O–H groups in total. The average molecular weight is 178 g/mol. The van der Waals surface area contributed by atoms with Crippen LogP contribution in [0.3, 0.4) is 0 Å². The second kappa shape index (κ2) is 5.07. The summed E-state index contributed by atoms with van der Waals surface area (Å²) < 4.78 is 0. The maximum Gasteiger partial charge on any atom is 0.120 e. The van der Waals surface area contributed by atoms with Crippen molar-refractivity contribution in [3.8, 4) is 0 Å². The molecule has 1 saturated heterocycles. The van der Waals surface area contributed by atoms with Crippen LogP contribution in [0.5, 0.6) is 0 Å². The molecule has 1 aliphatic carbocycles. The summed E-state index contributed by atoms with van der Waals surface area (Å²) in [6.45, 7) is 0. The molecule has 1 atom stereocenters.